The molecule has 0 aliphatic carbocycles. The van der Waals surface area contributed by atoms with E-state index < -0.39 is 0 Å². The summed E-state index contributed by atoms with van der Waals surface area (Å²) in [6, 6.07) is 15.1. The van der Waals surface area contributed by atoms with Gasteiger partial charge in [0.05, 0.1) is 18.2 Å². The molecule has 2 rings (SSSR count). The molecule has 134 valence electrons. The smallest absolute Gasteiger partial charge is 0.208 e. The SMILES string of the molecule is [C-]#[N+]c1cc(Oc2ccc(CCCCCCCCC)cc2)ccc1C#N. The fraction of sp³-hybridized carbons (Fsp3) is 0.391. The van der Waals surface area contributed by atoms with E-state index in [9.17, 15) is 0 Å². The fourth-order valence-corrected chi connectivity index (χ4v) is 2.91. The zero-order valence-electron chi connectivity index (χ0n) is 15.5. The van der Waals surface area contributed by atoms with Gasteiger partial charge in [-0.05, 0) is 42.7 Å². The predicted molar refractivity (Wildman–Crippen MR) is 106 cm³/mol. The van der Waals surface area contributed by atoms with Crippen molar-refractivity contribution in [1.29, 1.82) is 5.26 Å². The molecule has 2 aromatic carbocycles. The van der Waals surface area contributed by atoms with E-state index in [4.69, 9.17) is 16.6 Å². The van der Waals surface area contributed by atoms with Crippen LogP contribution in [0, 0.1) is 17.9 Å². The summed E-state index contributed by atoms with van der Waals surface area (Å²) in [7, 11) is 0. The van der Waals surface area contributed by atoms with E-state index in [1.165, 1.54) is 50.5 Å². The minimum atomic E-state index is 0.320. The van der Waals surface area contributed by atoms with Crippen molar-refractivity contribution in [3.63, 3.8) is 0 Å². The number of unbranched alkanes of at least 4 members (excludes halogenated alkanes) is 6. The molecule has 0 heterocycles. The van der Waals surface area contributed by atoms with Gasteiger partial charge in [0.25, 0.3) is 0 Å². The van der Waals surface area contributed by atoms with Crippen LogP contribution in [-0.4, -0.2) is 0 Å². The van der Waals surface area contributed by atoms with Crippen LogP contribution in [0.5, 0.6) is 11.5 Å². The number of ether oxygens (including phenoxy) is 1. The summed E-state index contributed by atoms with van der Waals surface area (Å²) in [5.74, 6) is 1.32. The van der Waals surface area contributed by atoms with Crippen LogP contribution in [0.1, 0.15) is 63.0 Å². The lowest BCUT2D eigenvalue weighted by atomic mass is 10.0. The van der Waals surface area contributed by atoms with Gasteiger partial charge in [-0.1, -0.05) is 63.6 Å². The van der Waals surface area contributed by atoms with Crippen molar-refractivity contribution in [1.82, 2.24) is 0 Å². The van der Waals surface area contributed by atoms with Gasteiger partial charge in [-0.25, -0.2) is 4.85 Å². The predicted octanol–water partition coefficient (Wildman–Crippen LogP) is 7.19. The normalized spacial score (nSPS) is 10.1. The number of benzene rings is 2. The molecule has 0 bridgehead atoms. The molecule has 0 aliphatic heterocycles. The number of hydrogen-bond donors (Lipinski definition) is 0. The first-order valence-corrected chi connectivity index (χ1v) is 9.45. The number of aryl methyl sites for hydroxylation is 1. The minimum Gasteiger partial charge on any atom is -0.459 e. The van der Waals surface area contributed by atoms with Crippen LogP contribution >= 0.6 is 0 Å². The molecule has 0 fully saturated rings. The lowest BCUT2D eigenvalue weighted by Gasteiger charge is -2.08. The number of hydrogen-bond acceptors (Lipinski definition) is 2. The van der Waals surface area contributed by atoms with Crippen molar-refractivity contribution in [3.05, 3.63) is 65.0 Å². The molecule has 0 aliphatic rings. The lowest BCUT2D eigenvalue weighted by molar-refractivity contribution is 0.482. The number of nitrogens with zero attached hydrogens (tertiary/aromatic N) is 2. The minimum absolute atomic E-state index is 0.320. The molecule has 0 amide bonds. The standard InChI is InChI=1S/C23H26N2O/c1-3-4-5-6-7-8-9-10-19-11-14-21(15-12-19)26-22-16-13-20(18-24)23(17-22)25-2/h11-17H,3-10H2,1H3. The van der Waals surface area contributed by atoms with Gasteiger partial charge < -0.3 is 4.74 Å². The number of nitriles is 1. The zero-order chi connectivity index (χ0) is 18.6. The Bertz CT molecular complexity index is 766. The quantitative estimate of drug-likeness (QED) is 0.337. The highest BCUT2D eigenvalue weighted by Crippen LogP contribution is 2.28. The highest BCUT2D eigenvalue weighted by molar-refractivity contribution is 5.61. The maximum absolute atomic E-state index is 8.97. The van der Waals surface area contributed by atoms with Gasteiger partial charge in [-0.3, -0.25) is 0 Å². The molecule has 0 atom stereocenters. The third-order valence-electron chi connectivity index (χ3n) is 4.44. The molecular weight excluding hydrogens is 320 g/mol. The van der Waals surface area contributed by atoms with E-state index in [2.05, 4.69) is 23.9 Å². The molecular formula is C23H26N2O. The Kier molecular flexibility index (Phi) is 8.24. The van der Waals surface area contributed by atoms with Crippen LogP contribution in [0.4, 0.5) is 5.69 Å². The van der Waals surface area contributed by atoms with Crippen LogP contribution < -0.4 is 4.74 Å². The maximum Gasteiger partial charge on any atom is 0.208 e. The van der Waals surface area contributed by atoms with Crippen molar-refractivity contribution in [2.75, 3.05) is 0 Å². The van der Waals surface area contributed by atoms with Gasteiger partial charge in [0.2, 0.25) is 5.69 Å². The zero-order valence-corrected chi connectivity index (χ0v) is 15.5. The fourth-order valence-electron chi connectivity index (χ4n) is 2.91. The van der Waals surface area contributed by atoms with Gasteiger partial charge in [0, 0.05) is 0 Å². The molecule has 0 N–H and O–H groups in total. The average molecular weight is 346 g/mol. The average Bonchev–Trinajstić information content (AvgIpc) is 2.68. The second kappa shape index (κ2) is 11.0. The summed E-state index contributed by atoms with van der Waals surface area (Å²) in [5.41, 5.74) is 2.02. The Morgan fingerprint density at radius 3 is 2.23 bits per heavy atom. The summed E-state index contributed by atoms with van der Waals surface area (Å²) in [5, 5.41) is 8.97. The molecule has 2 aromatic rings. The van der Waals surface area contributed by atoms with Gasteiger partial charge in [0.1, 0.15) is 11.5 Å². The van der Waals surface area contributed by atoms with Crippen LogP contribution in [0.25, 0.3) is 4.85 Å². The van der Waals surface area contributed by atoms with E-state index in [0.717, 1.165) is 12.2 Å². The molecule has 0 saturated heterocycles. The topological polar surface area (TPSA) is 37.4 Å². The summed E-state index contributed by atoms with van der Waals surface area (Å²) < 4.78 is 5.80. The number of rotatable bonds is 10. The van der Waals surface area contributed by atoms with E-state index in [-0.39, 0.29) is 0 Å². The van der Waals surface area contributed by atoms with Crippen molar-refractivity contribution in [3.8, 4) is 17.6 Å². The van der Waals surface area contributed by atoms with Gasteiger partial charge in [0.15, 0.2) is 0 Å². The molecule has 0 radical (unpaired) electrons. The van der Waals surface area contributed by atoms with E-state index in [1.54, 1.807) is 18.2 Å². The van der Waals surface area contributed by atoms with Crippen LogP contribution in [-0.2, 0) is 6.42 Å². The summed E-state index contributed by atoms with van der Waals surface area (Å²) in [6.45, 7) is 9.39. The molecule has 0 spiro atoms. The van der Waals surface area contributed by atoms with Gasteiger partial charge >= 0.3 is 0 Å². The summed E-state index contributed by atoms with van der Waals surface area (Å²) >= 11 is 0. The highest BCUT2D eigenvalue weighted by Gasteiger charge is 2.05. The van der Waals surface area contributed by atoms with Gasteiger partial charge in [-0.2, -0.15) is 5.26 Å². The molecule has 3 heteroatoms. The Morgan fingerprint density at radius 2 is 1.58 bits per heavy atom. The molecule has 3 nitrogen and oxygen atoms in total. The summed E-state index contributed by atoms with van der Waals surface area (Å²) in [6.07, 6.45) is 10.4. The lowest BCUT2D eigenvalue weighted by Crippen LogP contribution is -1.88. The van der Waals surface area contributed by atoms with E-state index in [0.29, 0.717) is 17.0 Å². The maximum atomic E-state index is 8.97. The second-order valence-electron chi connectivity index (χ2n) is 6.52. The largest absolute Gasteiger partial charge is 0.459 e. The third kappa shape index (κ3) is 6.26. The van der Waals surface area contributed by atoms with Gasteiger partial charge in [-0.15, -0.1) is 0 Å². The van der Waals surface area contributed by atoms with E-state index >= 15 is 0 Å². The van der Waals surface area contributed by atoms with Crippen LogP contribution in [0.15, 0.2) is 42.5 Å². The van der Waals surface area contributed by atoms with Crippen LogP contribution in [0.3, 0.4) is 0 Å². The van der Waals surface area contributed by atoms with Crippen molar-refractivity contribution in [2.45, 2.75) is 58.3 Å². The summed E-state index contributed by atoms with van der Waals surface area (Å²) in [4.78, 5) is 3.37. The van der Waals surface area contributed by atoms with Crippen molar-refractivity contribution < 1.29 is 4.74 Å². The Hall–Kier alpha value is -2.78. The first-order chi connectivity index (χ1) is 12.8. The first kappa shape index (κ1) is 19.5. The highest BCUT2D eigenvalue weighted by atomic mass is 16.5. The monoisotopic (exact) mass is 346 g/mol. The molecule has 0 aromatic heterocycles. The molecule has 0 saturated carbocycles. The van der Waals surface area contributed by atoms with Crippen LogP contribution in [0.2, 0.25) is 0 Å². The molecule has 0 unspecified atom stereocenters. The molecule has 26 heavy (non-hydrogen) atoms. The third-order valence-corrected chi connectivity index (χ3v) is 4.44. The van der Waals surface area contributed by atoms with Crippen molar-refractivity contribution >= 4 is 5.69 Å². The Labute approximate surface area is 157 Å². The van der Waals surface area contributed by atoms with Crippen molar-refractivity contribution in [2.24, 2.45) is 0 Å². The second-order valence-corrected chi connectivity index (χ2v) is 6.52. The van der Waals surface area contributed by atoms with E-state index in [1.807, 2.05) is 18.2 Å². The Morgan fingerprint density at radius 1 is 0.923 bits per heavy atom. The first-order valence-electron chi connectivity index (χ1n) is 9.45. The Balaban J connectivity index is 1.81.